The molecule has 5 rings (SSSR count). The molecule has 34 heavy (non-hydrogen) atoms. The Morgan fingerprint density at radius 3 is 2.71 bits per heavy atom. The maximum absolute atomic E-state index is 12.7. The largest absolute Gasteiger partial charge is 0.467 e. The van der Waals surface area contributed by atoms with E-state index in [0.717, 1.165) is 14.6 Å². The molecule has 0 saturated heterocycles. The number of hydrogen-bond acceptors (Lipinski definition) is 6. The first-order valence-corrected chi connectivity index (χ1v) is 12.4. The lowest BCUT2D eigenvalue weighted by Crippen LogP contribution is -2.24. The average Bonchev–Trinajstić information content (AvgIpc) is 3.52. The van der Waals surface area contributed by atoms with Gasteiger partial charge in [0.2, 0.25) is 5.91 Å². The van der Waals surface area contributed by atoms with Gasteiger partial charge in [-0.15, -0.1) is 0 Å². The number of hydrogen-bond donors (Lipinski definition) is 1. The van der Waals surface area contributed by atoms with Gasteiger partial charge in [0.25, 0.3) is 0 Å². The first kappa shape index (κ1) is 22.5. The third-order valence-corrected chi connectivity index (χ3v) is 6.74. The summed E-state index contributed by atoms with van der Waals surface area (Å²) in [5.41, 5.74) is 1.79. The van der Waals surface area contributed by atoms with Crippen LogP contribution in [0.25, 0.3) is 27.9 Å². The molecule has 3 aromatic heterocycles. The number of nitrogens with zero attached hydrogens (tertiary/aromatic N) is 2. The van der Waals surface area contributed by atoms with Gasteiger partial charge in [-0.05, 0) is 71.1 Å². The molecule has 0 fully saturated rings. The smallest absolute Gasteiger partial charge is 0.345 e. The highest BCUT2D eigenvalue weighted by Crippen LogP contribution is 2.28. The Balaban J connectivity index is 1.45. The number of fused-ring (bicyclic) bond motifs is 1. The van der Waals surface area contributed by atoms with E-state index < -0.39 is 5.63 Å². The normalized spacial score (nSPS) is 11.1. The maximum Gasteiger partial charge on any atom is 0.345 e. The van der Waals surface area contributed by atoms with Crippen LogP contribution in [0.1, 0.15) is 5.76 Å². The summed E-state index contributed by atoms with van der Waals surface area (Å²) in [5, 5.41) is 4.24. The molecular weight excluding hydrogens is 565 g/mol. The zero-order chi connectivity index (χ0) is 23.5. The van der Waals surface area contributed by atoms with E-state index in [1.807, 2.05) is 47.0 Å². The predicted molar refractivity (Wildman–Crippen MR) is 139 cm³/mol. The lowest BCUT2D eigenvalue weighted by atomic mass is 10.1. The Labute approximate surface area is 212 Å². The molecule has 0 spiro atoms. The SMILES string of the molecule is O=C(CSc1nc(-c2cc3ccccc3oc2=O)cn1-c1ccc(I)cc1)NCc1ccco1. The zero-order valence-electron chi connectivity index (χ0n) is 17.7. The monoisotopic (exact) mass is 583 g/mol. The molecule has 7 nitrogen and oxygen atoms in total. The molecule has 0 unspecified atom stereocenters. The highest BCUT2D eigenvalue weighted by atomic mass is 127. The maximum atomic E-state index is 12.7. The van der Waals surface area contributed by atoms with E-state index in [0.29, 0.717) is 34.3 Å². The molecule has 1 amide bonds. The van der Waals surface area contributed by atoms with Gasteiger partial charge >= 0.3 is 5.63 Å². The van der Waals surface area contributed by atoms with E-state index in [-0.39, 0.29) is 11.7 Å². The van der Waals surface area contributed by atoms with Gasteiger partial charge in [-0.2, -0.15) is 0 Å². The lowest BCUT2D eigenvalue weighted by Gasteiger charge is -2.07. The van der Waals surface area contributed by atoms with Crippen molar-refractivity contribution in [2.75, 3.05) is 5.75 Å². The number of thioether (sulfide) groups is 1. The number of imidazole rings is 1. The molecule has 0 saturated carbocycles. The highest BCUT2D eigenvalue weighted by Gasteiger charge is 2.17. The molecule has 0 radical (unpaired) electrons. The number of nitrogens with one attached hydrogen (secondary N) is 1. The van der Waals surface area contributed by atoms with Crippen molar-refractivity contribution in [2.24, 2.45) is 0 Å². The van der Waals surface area contributed by atoms with E-state index in [1.165, 1.54) is 11.8 Å². The van der Waals surface area contributed by atoms with Gasteiger partial charge in [-0.3, -0.25) is 9.36 Å². The summed E-state index contributed by atoms with van der Waals surface area (Å²) in [6, 6.07) is 20.6. The minimum atomic E-state index is -0.460. The second kappa shape index (κ2) is 9.90. The topological polar surface area (TPSA) is 90.3 Å². The molecule has 0 atom stereocenters. The average molecular weight is 583 g/mol. The summed E-state index contributed by atoms with van der Waals surface area (Å²) in [6.07, 6.45) is 3.37. The molecule has 0 aliphatic heterocycles. The van der Waals surface area contributed by atoms with Crippen molar-refractivity contribution in [1.29, 1.82) is 0 Å². The van der Waals surface area contributed by atoms with Gasteiger partial charge < -0.3 is 14.2 Å². The second-order valence-electron chi connectivity index (χ2n) is 7.39. The van der Waals surface area contributed by atoms with Crippen LogP contribution in [0.15, 0.2) is 98.0 Å². The highest BCUT2D eigenvalue weighted by molar-refractivity contribution is 14.1. The standard InChI is InChI=1S/C25H18IN3O4S/c26-17-7-9-18(10-8-17)29-14-21(20-12-16-4-1-2-6-22(16)33-24(20)31)28-25(29)34-15-23(30)27-13-19-5-3-11-32-19/h1-12,14H,13,15H2,(H,27,30). The number of rotatable bonds is 7. The Kier molecular flexibility index (Phi) is 6.54. The van der Waals surface area contributed by atoms with Crippen LogP contribution in [-0.2, 0) is 11.3 Å². The Bertz CT molecular complexity index is 1510. The van der Waals surface area contributed by atoms with Gasteiger partial charge in [0.15, 0.2) is 5.16 Å². The summed E-state index contributed by atoms with van der Waals surface area (Å²) >= 11 is 3.54. The van der Waals surface area contributed by atoms with Crippen molar-refractivity contribution >= 4 is 51.2 Å². The summed E-state index contributed by atoms with van der Waals surface area (Å²) < 4.78 is 13.7. The number of amides is 1. The van der Waals surface area contributed by atoms with E-state index in [9.17, 15) is 9.59 Å². The van der Waals surface area contributed by atoms with Crippen LogP contribution in [0.2, 0.25) is 0 Å². The summed E-state index contributed by atoms with van der Waals surface area (Å²) in [5.74, 6) is 0.697. The van der Waals surface area contributed by atoms with Crippen LogP contribution in [-0.4, -0.2) is 21.2 Å². The third kappa shape index (κ3) is 4.95. The molecule has 5 aromatic rings. The van der Waals surface area contributed by atoms with Crippen LogP contribution in [0.4, 0.5) is 0 Å². The fraction of sp³-hybridized carbons (Fsp3) is 0.0800. The van der Waals surface area contributed by atoms with Gasteiger partial charge in [0.1, 0.15) is 11.3 Å². The summed E-state index contributed by atoms with van der Waals surface area (Å²) in [7, 11) is 0. The van der Waals surface area contributed by atoms with E-state index >= 15 is 0 Å². The summed E-state index contributed by atoms with van der Waals surface area (Å²) in [6.45, 7) is 0.321. The Morgan fingerprint density at radius 2 is 1.91 bits per heavy atom. The van der Waals surface area contributed by atoms with Crippen LogP contribution in [0.5, 0.6) is 0 Å². The minimum absolute atomic E-state index is 0.148. The van der Waals surface area contributed by atoms with Crippen molar-refractivity contribution in [3.63, 3.8) is 0 Å². The number of aromatic nitrogens is 2. The number of furan rings is 1. The molecular formula is C25H18IN3O4S. The quantitative estimate of drug-likeness (QED) is 0.160. The fourth-order valence-electron chi connectivity index (χ4n) is 3.40. The third-order valence-electron chi connectivity index (χ3n) is 5.07. The molecule has 9 heteroatoms. The summed E-state index contributed by atoms with van der Waals surface area (Å²) in [4.78, 5) is 29.8. The first-order chi connectivity index (χ1) is 16.6. The predicted octanol–water partition coefficient (Wildman–Crippen LogP) is 5.25. The number of halogens is 1. The molecule has 170 valence electrons. The van der Waals surface area contributed by atoms with Gasteiger partial charge in [0.05, 0.1) is 29.8 Å². The van der Waals surface area contributed by atoms with Crippen molar-refractivity contribution in [3.8, 4) is 16.9 Å². The van der Waals surface area contributed by atoms with E-state index in [1.54, 1.807) is 36.7 Å². The van der Waals surface area contributed by atoms with Crippen molar-refractivity contribution in [3.05, 3.63) is 98.9 Å². The van der Waals surface area contributed by atoms with Crippen LogP contribution in [0.3, 0.4) is 0 Å². The Morgan fingerprint density at radius 1 is 1.09 bits per heavy atom. The fourth-order valence-corrected chi connectivity index (χ4v) is 4.58. The second-order valence-corrected chi connectivity index (χ2v) is 9.57. The van der Waals surface area contributed by atoms with Crippen LogP contribution < -0.4 is 10.9 Å². The molecule has 1 N–H and O–H groups in total. The lowest BCUT2D eigenvalue weighted by molar-refractivity contribution is -0.118. The molecule has 0 aliphatic carbocycles. The Hall–Kier alpha value is -3.31. The van der Waals surface area contributed by atoms with Crippen LogP contribution in [0, 0.1) is 3.57 Å². The van der Waals surface area contributed by atoms with E-state index in [4.69, 9.17) is 13.8 Å². The van der Waals surface area contributed by atoms with Crippen LogP contribution >= 0.6 is 34.4 Å². The van der Waals surface area contributed by atoms with Crippen molar-refractivity contribution in [2.45, 2.75) is 11.7 Å². The molecule has 0 bridgehead atoms. The van der Waals surface area contributed by atoms with Gasteiger partial charge in [-0.25, -0.2) is 9.78 Å². The molecule has 3 heterocycles. The van der Waals surface area contributed by atoms with Crippen molar-refractivity contribution < 1.29 is 13.6 Å². The first-order valence-electron chi connectivity index (χ1n) is 10.4. The molecule has 0 aliphatic rings. The molecule has 2 aromatic carbocycles. The number of para-hydroxylation sites is 1. The number of carbonyl (C=O) groups excluding carboxylic acids is 1. The minimum Gasteiger partial charge on any atom is -0.467 e. The van der Waals surface area contributed by atoms with Gasteiger partial charge in [0, 0.05) is 20.8 Å². The van der Waals surface area contributed by atoms with E-state index in [2.05, 4.69) is 27.9 Å². The van der Waals surface area contributed by atoms with Crippen molar-refractivity contribution in [1.82, 2.24) is 14.9 Å². The number of carbonyl (C=O) groups is 1. The number of benzene rings is 2. The van der Waals surface area contributed by atoms with Gasteiger partial charge in [-0.1, -0.05) is 30.0 Å². The zero-order valence-corrected chi connectivity index (χ0v) is 20.7.